The van der Waals surface area contributed by atoms with Crippen LogP contribution < -0.4 is 5.32 Å². The molecule has 1 N–H and O–H groups in total. The zero-order valence-electron chi connectivity index (χ0n) is 15.7. The summed E-state index contributed by atoms with van der Waals surface area (Å²) in [6.07, 6.45) is 0.497. The molecule has 1 saturated heterocycles. The second-order valence-electron chi connectivity index (χ2n) is 7.15. The van der Waals surface area contributed by atoms with Crippen molar-refractivity contribution in [2.75, 3.05) is 5.32 Å². The fourth-order valence-electron chi connectivity index (χ4n) is 3.52. The van der Waals surface area contributed by atoms with E-state index in [2.05, 4.69) is 15.3 Å². The molecule has 1 aliphatic heterocycles. The molecule has 3 heterocycles. The number of aromatic nitrogens is 3. The van der Waals surface area contributed by atoms with Gasteiger partial charge in [-0.05, 0) is 19.1 Å². The Morgan fingerprint density at radius 3 is 2.69 bits per heavy atom. The first-order chi connectivity index (χ1) is 13.8. The molecule has 29 heavy (non-hydrogen) atoms. The third-order valence-electron chi connectivity index (χ3n) is 5.37. The summed E-state index contributed by atoms with van der Waals surface area (Å²) in [5, 5.41) is 2.49. The second-order valence-corrected chi connectivity index (χ2v) is 7.15. The lowest BCUT2D eigenvalue weighted by atomic mass is 9.90. The Bertz CT molecular complexity index is 1080. The van der Waals surface area contributed by atoms with Gasteiger partial charge in [-0.3, -0.25) is 9.36 Å². The molecule has 1 amide bonds. The van der Waals surface area contributed by atoms with Crippen molar-refractivity contribution < 1.29 is 23.1 Å². The van der Waals surface area contributed by atoms with E-state index in [0.29, 0.717) is 11.8 Å². The Hall–Kier alpha value is -3.20. The average Bonchev–Trinajstić information content (AvgIpc) is 3.17. The first-order valence-corrected chi connectivity index (χ1v) is 9.01. The Balaban J connectivity index is 1.75. The number of carbonyl (C=O) groups is 2. The van der Waals surface area contributed by atoms with Crippen molar-refractivity contribution in [3.63, 3.8) is 0 Å². The van der Waals surface area contributed by atoms with Gasteiger partial charge in [-0.15, -0.1) is 0 Å². The van der Waals surface area contributed by atoms with Crippen LogP contribution in [0, 0.1) is 11.7 Å². The third kappa shape index (κ3) is 3.07. The van der Waals surface area contributed by atoms with Crippen molar-refractivity contribution in [2.24, 2.45) is 5.92 Å². The largest absolute Gasteiger partial charge is 0.343 e. The number of amides is 1. The molecular weight excluding hydrogens is 382 g/mol. The van der Waals surface area contributed by atoms with Gasteiger partial charge in [-0.1, -0.05) is 25.1 Å². The maximum Gasteiger partial charge on any atom is 0.256 e. The molecule has 7 nitrogen and oxygen atoms in total. The molecule has 0 bridgehead atoms. The SMILES string of the molecule is C[C@@H]1[C@@H](C=O)O[C@@H](n2cc(F)c3c(NC(=O)c4ccccc4)ncnc32)[C@]1(C)F. The first-order valence-electron chi connectivity index (χ1n) is 9.01. The first kappa shape index (κ1) is 19.1. The number of hydrogen-bond acceptors (Lipinski definition) is 5. The molecule has 1 aliphatic rings. The summed E-state index contributed by atoms with van der Waals surface area (Å²) in [6, 6.07) is 8.38. The Labute approximate surface area is 164 Å². The summed E-state index contributed by atoms with van der Waals surface area (Å²) in [5.74, 6) is -1.99. The predicted octanol–water partition coefficient (Wildman–Crippen LogP) is 3.28. The van der Waals surface area contributed by atoms with E-state index in [1.165, 1.54) is 11.5 Å². The minimum atomic E-state index is -1.94. The van der Waals surface area contributed by atoms with Crippen LogP contribution in [0.15, 0.2) is 42.9 Å². The van der Waals surface area contributed by atoms with E-state index < -0.39 is 35.6 Å². The molecule has 0 radical (unpaired) electrons. The van der Waals surface area contributed by atoms with Crippen LogP contribution in [0.25, 0.3) is 11.0 Å². The maximum absolute atomic E-state index is 15.3. The zero-order chi connectivity index (χ0) is 20.8. The van der Waals surface area contributed by atoms with E-state index in [-0.39, 0.29) is 16.9 Å². The Morgan fingerprint density at radius 1 is 1.31 bits per heavy atom. The van der Waals surface area contributed by atoms with Crippen molar-refractivity contribution in [3.05, 3.63) is 54.2 Å². The average molecular weight is 400 g/mol. The van der Waals surface area contributed by atoms with Gasteiger partial charge in [0.2, 0.25) is 0 Å². The number of carbonyl (C=O) groups excluding carboxylic acids is 2. The van der Waals surface area contributed by atoms with Gasteiger partial charge < -0.3 is 14.8 Å². The maximum atomic E-state index is 15.3. The predicted molar refractivity (Wildman–Crippen MR) is 101 cm³/mol. The summed E-state index contributed by atoms with van der Waals surface area (Å²) in [6.45, 7) is 2.86. The molecule has 0 spiro atoms. The highest BCUT2D eigenvalue weighted by atomic mass is 19.1. The third-order valence-corrected chi connectivity index (χ3v) is 5.37. The van der Waals surface area contributed by atoms with E-state index in [1.807, 2.05) is 0 Å². The quantitative estimate of drug-likeness (QED) is 0.680. The van der Waals surface area contributed by atoms with Gasteiger partial charge in [0.05, 0.1) is 5.39 Å². The van der Waals surface area contributed by atoms with Gasteiger partial charge in [0, 0.05) is 17.7 Å². The smallest absolute Gasteiger partial charge is 0.256 e. The van der Waals surface area contributed by atoms with Gasteiger partial charge in [0.1, 0.15) is 24.5 Å². The summed E-state index contributed by atoms with van der Waals surface area (Å²) in [5.41, 5.74) is -1.52. The summed E-state index contributed by atoms with van der Waals surface area (Å²) < 4.78 is 36.9. The number of alkyl halides is 1. The number of rotatable bonds is 4. The molecule has 3 aromatic rings. The van der Waals surface area contributed by atoms with E-state index >= 15 is 4.39 Å². The summed E-state index contributed by atoms with van der Waals surface area (Å²) >= 11 is 0. The van der Waals surface area contributed by atoms with Crippen molar-refractivity contribution >= 4 is 29.0 Å². The van der Waals surface area contributed by atoms with Crippen LogP contribution in [0.4, 0.5) is 14.6 Å². The lowest BCUT2D eigenvalue weighted by Gasteiger charge is -2.25. The van der Waals surface area contributed by atoms with Crippen molar-refractivity contribution in [1.82, 2.24) is 14.5 Å². The van der Waals surface area contributed by atoms with Crippen molar-refractivity contribution in [2.45, 2.75) is 31.8 Å². The lowest BCUT2D eigenvalue weighted by Crippen LogP contribution is -2.33. The van der Waals surface area contributed by atoms with Crippen LogP contribution in [0.3, 0.4) is 0 Å². The fourth-order valence-corrected chi connectivity index (χ4v) is 3.52. The molecule has 4 atom stereocenters. The number of nitrogens with zero attached hydrogens (tertiary/aromatic N) is 3. The number of nitrogens with one attached hydrogen (secondary N) is 1. The van der Waals surface area contributed by atoms with E-state index in [9.17, 15) is 14.0 Å². The number of halogens is 2. The number of aldehydes is 1. The highest BCUT2D eigenvalue weighted by Crippen LogP contribution is 2.46. The molecule has 1 aromatic carbocycles. The number of fused-ring (bicyclic) bond motifs is 1. The topological polar surface area (TPSA) is 86.1 Å². The lowest BCUT2D eigenvalue weighted by molar-refractivity contribution is -0.121. The van der Waals surface area contributed by atoms with Gasteiger partial charge in [-0.2, -0.15) is 0 Å². The van der Waals surface area contributed by atoms with Crippen LogP contribution in [-0.4, -0.2) is 38.5 Å². The summed E-state index contributed by atoms with van der Waals surface area (Å²) in [4.78, 5) is 31.7. The molecule has 1 fully saturated rings. The number of ether oxygens (including phenoxy) is 1. The molecule has 4 rings (SSSR count). The van der Waals surface area contributed by atoms with Gasteiger partial charge >= 0.3 is 0 Å². The minimum Gasteiger partial charge on any atom is -0.343 e. The normalized spacial score (nSPS) is 26.6. The van der Waals surface area contributed by atoms with Crippen LogP contribution in [0.2, 0.25) is 0 Å². The van der Waals surface area contributed by atoms with Crippen molar-refractivity contribution in [3.8, 4) is 0 Å². The standard InChI is InChI=1S/C20H18F2N4O3/c1-11-14(9-27)29-19(20(11,2)22)26-8-13(21)15-16(23-10-24-17(15)26)25-18(28)12-6-4-3-5-7-12/h3-11,14,19H,1-2H3,(H,23,24,25,28)/t11-,14-,19-,20-/m1/s1. The zero-order valence-corrected chi connectivity index (χ0v) is 15.7. The van der Waals surface area contributed by atoms with Gasteiger partial charge in [-0.25, -0.2) is 18.7 Å². The van der Waals surface area contributed by atoms with Gasteiger partial charge in [0.25, 0.3) is 5.91 Å². The molecule has 0 unspecified atom stereocenters. The van der Waals surface area contributed by atoms with E-state index in [4.69, 9.17) is 4.74 Å². The number of anilines is 1. The molecule has 0 saturated carbocycles. The minimum absolute atomic E-state index is 0.0429. The fraction of sp³-hybridized carbons (Fsp3) is 0.300. The van der Waals surface area contributed by atoms with Crippen molar-refractivity contribution in [1.29, 1.82) is 0 Å². The highest BCUT2D eigenvalue weighted by molar-refractivity contribution is 6.07. The molecule has 0 aliphatic carbocycles. The van der Waals surface area contributed by atoms with E-state index in [0.717, 1.165) is 12.5 Å². The molecule has 150 valence electrons. The van der Waals surface area contributed by atoms with Gasteiger partial charge in [0.15, 0.2) is 23.4 Å². The van der Waals surface area contributed by atoms with Crippen LogP contribution in [-0.2, 0) is 9.53 Å². The molecule has 2 aromatic heterocycles. The Kier molecular flexibility index (Phi) is 4.62. The summed E-state index contributed by atoms with van der Waals surface area (Å²) in [7, 11) is 0. The number of benzene rings is 1. The van der Waals surface area contributed by atoms with Crippen LogP contribution in [0.5, 0.6) is 0 Å². The second kappa shape index (κ2) is 7.00. The van der Waals surface area contributed by atoms with Crippen LogP contribution in [0.1, 0.15) is 30.4 Å². The molecular formula is C20H18F2N4O3. The highest BCUT2D eigenvalue weighted by Gasteiger charge is 2.53. The number of hydrogen-bond donors (Lipinski definition) is 1. The van der Waals surface area contributed by atoms with Crippen LogP contribution >= 0.6 is 0 Å². The molecule has 9 heteroatoms. The monoisotopic (exact) mass is 400 g/mol. The Morgan fingerprint density at radius 2 is 2.03 bits per heavy atom. The van der Waals surface area contributed by atoms with E-state index in [1.54, 1.807) is 37.3 Å².